The van der Waals surface area contributed by atoms with Gasteiger partial charge in [0, 0.05) is 28.1 Å². The van der Waals surface area contributed by atoms with Crippen molar-refractivity contribution in [2.75, 3.05) is 0 Å². The molecule has 2 aromatic rings. The number of benzene rings is 1. The third kappa shape index (κ3) is 2.78. The predicted octanol–water partition coefficient (Wildman–Crippen LogP) is 4.30. The first kappa shape index (κ1) is 13.6. The summed E-state index contributed by atoms with van der Waals surface area (Å²) in [4.78, 5) is 0. The highest BCUT2D eigenvalue weighted by molar-refractivity contribution is 9.10. The Bertz CT molecular complexity index is 564. The maximum atomic E-state index is 10.0. The number of hydrogen-bond acceptors (Lipinski definition) is 1. The molecule has 0 saturated carbocycles. The lowest BCUT2D eigenvalue weighted by Gasteiger charge is -2.21. The lowest BCUT2D eigenvalue weighted by Crippen LogP contribution is -2.24. The van der Waals surface area contributed by atoms with Crippen LogP contribution in [-0.4, -0.2) is 15.3 Å². The summed E-state index contributed by atoms with van der Waals surface area (Å²) >= 11 is 3.52. The third-order valence-electron chi connectivity index (χ3n) is 3.01. The van der Waals surface area contributed by atoms with Gasteiger partial charge in [0.1, 0.15) is 0 Å². The van der Waals surface area contributed by atoms with E-state index in [9.17, 15) is 5.11 Å². The van der Waals surface area contributed by atoms with Gasteiger partial charge in [-0.1, -0.05) is 22.0 Å². The summed E-state index contributed by atoms with van der Waals surface area (Å²) in [6.45, 7) is 8.05. The molecule has 2 rings (SSSR count). The van der Waals surface area contributed by atoms with Crippen LogP contribution in [0.2, 0.25) is 0 Å². The largest absolute Gasteiger partial charge is 0.390 e. The van der Waals surface area contributed by atoms with Crippen molar-refractivity contribution < 1.29 is 5.11 Å². The Morgan fingerprint density at radius 1 is 1.28 bits per heavy atom. The van der Waals surface area contributed by atoms with Crippen LogP contribution in [-0.2, 0) is 6.42 Å². The first-order valence-corrected chi connectivity index (χ1v) is 7.09. The number of rotatable bonds is 3. The summed E-state index contributed by atoms with van der Waals surface area (Å²) in [6, 6.07) is 8.88. The number of halogens is 1. The molecule has 0 aliphatic rings. The summed E-state index contributed by atoms with van der Waals surface area (Å²) in [6.07, 6.45) is 0.664. The van der Waals surface area contributed by atoms with Crippen LogP contribution in [0.1, 0.15) is 39.4 Å². The molecule has 0 atom stereocenters. The number of fused-ring (bicyclic) bond motifs is 1. The van der Waals surface area contributed by atoms with Crippen LogP contribution in [0.15, 0.2) is 28.7 Å². The van der Waals surface area contributed by atoms with Crippen molar-refractivity contribution in [2.24, 2.45) is 0 Å². The van der Waals surface area contributed by atoms with Crippen LogP contribution in [0.4, 0.5) is 0 Å². The maximum Gasteiger partial charge on any atom is 0.0646 e. The molecule has 1 aromatic carbocycles. The highest BCUT2D eigenvalue weighted by atomic mass is 79.9. The molecule has 0 spiro atoms. The molecule has 0 aliphatic heterocycles. The molecule has 0 radical (unpaired) electrons. The molecule has 0 saturated heterocycles. The first-order valence-electron chi connectivity index (χ1n) is 6.30. The normalized spacial score (nSPS) is 12.6. The lowest BCUT2D eigenvalue weighted by molar-refractivity contribution is 0.0789. The Hall–Kier alpha value is -0.800. The van der Waals surface area contributed by atoms with Crippen LogP contribution in [0.25, 0.3) is 10.9 Å². The van der Waals surface area contributed by atoms with Gasteiger partial charge in [-0.25, -0.2) is 0 Å². The second-order valence-corrected chi connectivity index (χ2v) is 6.71. The molecule has 0 aliphatic carbocycles. The van der Waals surface area contributed by atoms with E-state index in [0.29, 0.717) is 12.5 Å². The minimum absolute atomic E-state index is 0.383. The van der Waals surface area contributed by atoms with E-state index < -0.39 is 5.60 Å². The summed E-state index contributed by atoms with van der Waals surface area (Å²) in [5.41, 5.74) is 1.72. The molecule has 98 valence electrons. The summed E-state index contributed by atoms with van der Waals surface area (Å²) in [5, 5.41) is 11.3. The highest BCUT2D eigenvalue weighted by Crippen LogP contribution is 2.28. The van der Waals surface area contributed by atoms with E-state index in [4.69, 9.17) is 0 Å². The zero-order valence-corrected chi connectivity index (χ0v) is 13.0. The Balaban J connectivity index is 2.62. The molecular weight excluding hydrogens is 290 g/mol. The molecule has 1 N–H and O–H groups in total. The summed E-state index contributed by atoms with van der Waals surface area (Å²) < 4.78 is 3.39. The van der Waals surface area contributed by atoms with E-state index in [0.717, 1.165) is 4.47 Å². The predicted molar refractivity (Wildman–Crippen MR) is 80.0 cm³/mol. The number of nitrogens with zero attached hydrogens (tertiary/aromatic N) is 1. The van der Waals surface area contributed by atoms with Crippen LogP contribution in [0.5, 0.6) is 0 Å². The zero-order chi connectivity index (χ0) is 13.5. The molecule has 0 unspecified atom stereocenters. The molecule has 0 bridgehead atoms. The molecule has 2 nitrogen and oxygen atoms in total. The Morgan fingerprint density at radius 3 is 2.50 bits per heavy atom. The molecule has 18 heavy (non-hydrogen) atoms. The fourth-order valence-electron chi connectivity index (χ4n) is 2.44. The summed E-state index contributed by atoms with van der Waals surface area (Å²) in [7, 11) is 0. The van der Waals surface area contributed by atoms with E-state index in [1.165, 1.54) is 16.6 Å². The number of aromatic nitrogens is 1. The Labute approximate surface area is 117 Å². The van der Waals surface area contributed by atoms with E-state index in [1.54, 1.807) is 0 Å². The van der Waals surface area contributed by atoms with Gasteiger partial charge in [-0.3, -0.25) is 0 Å². The zero-order valence-electron chi connectivity index (χ0n) is 11.4. The molecule has 0 amide bonds. The van der Waals surface area contributed by atoms with E-state index in [1.807, 2.05) is 13.8 Å². The van der Waals surface area contributed by atoms with Crippen LogP contribution >= 0.6 is 15.9 Å². The average molecular weight is 310 g/mol. The SMILES string of the molecule is CC(C)n1c(CC(C)(C)O)cc2ccc(Br)cc21. The van der Waals surface area contributed by atoms with Crippen molar-refractivity contribution >= 4 is 26.8 Å². The van der Waals surface area contributed by atoms with Crippen molar-refractivity contribution in [3.05, 3.63) is 34.4 Å². The Kier molecular flexibility index (Phi) is 3.56. The van der Waals surface area contributed by atoms with Crippen molar-refractivity contribution in [1.29, 1.82) is 0 Å². The minimum atomic E-state index is -0.682. The summed E-state index contributed by atoms with van der Waals surface area (Å²) in [5.74, 6) is 0. The average Bonchev–Trinajstić information content (AvgIpc) is 2.51. The van der Waals surface area contributed by atoms with Gasteiger partial charge in [-0.15, -0.1) is 0 Å². The second kappa shape index (κ2) is 4.71. The van der Waals surface area contributed by atoms with Gasteiger partial charge in [0.15, 0.2) is 0 Å². The quantitative estimate of drug-likeness (QED) is 0.898. The van der Waals surface area contributed by atoms with E-state index >= 15 is 0 Å². The van der Waals surface area contributed by atoms with Gasteiger partial charge in [-0.2, -0.15) is 0 Å². The van der Waals surface area contributed by atoms with Gasteiger partial charge in [0.25, 0.3) is 0 Å². The smallest absolute Gasteiger partial charge is 0.0646 e. The van der Waals surface area contributed by atoms with Gasteiger partial charge < -0.3 is 9.67 Å². The van der Waals surface area contributed by atoms with Gasteiger partial charge in [-0.05, 0) is 51.3 Å². The van der Waals surface area contributed by atoms with E-state index in [2.05, 4.69) is 58.6 Å². The van der Waals surface area contributed by atoms with E-state index in [-0.39, 0.29) is 0 Å². The topological polar surface area (TPSA) is 25.2 Å². The van der Waals surface area contributed by atoms with Crippen LogP contribution in [0.3, 0.4) is 0 Å². The second-order valence-electron chi connectivity index (χ2n) is 5.79. The maximum absolute atomic E-state index is 10.0. The van der Waals surface area contributed by atoms with Gasteiger partial charge >= 0.3 is 0 Å². The van der Waals surface area contributed by atoms with Crippen LogP contribution < -0.4 is 0 Å². The Morgan fingerprint density at radius 2 is 1.94 bits per heavy atom. The van der Waals surface area contributed by atoms with Crippen molar-refractivity contribution in [3.8, 4) is 0 Å². The number of hydrogen-bond donors (Lipinski definition) is 1. The fraction of sp³-hybridized carbons (Fsp3) is 0.467. The van der Waals surface area contributed by atoms with Crippen molar-refractivity contribution in [3.63, 3.8) is 0 Å². The molecule has 1 heterocycles. The highest BCUT2D eigenvalue weighted by Gasteiger charge is 2.19. The van der Waals surface area contributed by atoms with Crippen molar-refractivity contribution in [1.82, 2.24) is 4.57 Å². The lowest BCUT2D eigenvalue weighted by atomic mass is 10.0. The molecule has 3 heteroatoms. The van der Waals surface area contributed by atoms with Crippen LogP contribution in [0, 0.1) is 0 Å². The third-order valence-corrected chi connectivity index (χ3v) is 3.51. The first-order chi connectivity index (χ1) is 8.28. The molecule has 0 fully saturated rings. The molecule has 1 aromatic heterocycles. The minimum Gasteiger partial charge on any atom is -0.390 e. The van der Waals surface area contributed by atoms with Gasteiger partial charge in [0.2, 0.25) is 0 Å². The molecular formula is C15H20BrNO. The van der Waals surface area contributed by atoms with Gasteiger partial charge in [0.05, 0.1) is 5.60 Å². The van der Waals surface area contributed by atoms with Crippen molar-refractivity contribution in [2.45, 2.75) is 45.8 Å². The number of aliphatic hydroxyl groups is 1. The monoisotopic (exact) mass is 309 g/mol. The standard InChI is InChI=1S/C15H20BrNO/c1-10(2)17-13(9-15(3,4)18)7-11-5-6-12(16)8-14(11)17/h5-8,10,18H,9H2,1-4H3. The fourth-order valence-corrected chi connectivity index (χ4v) is 2.79.